The average molecular weight is 308 g/mol. The van der Waals surface area contributed by atoms with Crippen molar-refractivity contribution in [3.63, 3.8) is 0 Å². The van der Waals surface area contributed by atoms with Gasteiger partial charge in [-0.3, -0.25) is 0 Å². The van der Waals surface area contributed by atoms with E-state index < -0.39 is 0 Å². The number of halogens is 2. The molecule has 0 radical (unpaired) electrons. The Morgan fingerprint density at radius 2 is 2.00 bits per heavy atom. The molecular formula is C14H11ClFN3S. The highest BCUT2D eigenvalue weighted by molar-refractivity contribution is 7.18. The molecule has 0 amide bonds. The molecular weight excluding hydrogens is 297 g/mol. The van der Waals surface area contributed by atoms with E-state index >= 15 is 0 Å². The Bertz CT molecular complexity index is 800. The lowest BCUT2D eigenvalue weighted by atomic mass is 10.2. The zero-order chi connectivity index (χ0) is 14.3. The molecule has 3 aromatic rings. The lowest BCUT2D eigenvalue weighted by Gasteiger charge is -2.08. The monoisotopic (exact) mass is 307 g/mol. The second kappa shape index (κ2) is 5.00. The van der Waals surface area contributed by atoms with Crippen molar-refractivity contribution in [3.05, 3.63) is 45.8 Å². The Hall–Kier alpha value is -1.72. The lowest BCUT2D eigenvalue weighted by molar-refractivity contribution is 0.630. The number of aryl methyl sites for hydroxylation is 2. The van der Waals surface area contributed by atoms with Crippen LogP contribution in [0.15, 0.2) is 24.3 Å². The van der Waals surface area contributed by atoms with Gasteiger partial charge in [0, 0.05) is 4.88 Å². The molecule has 0 bridgehead atoms. The number of hydrogen-bond donors (Lipinski definition) is 1. The summed E-state index contributed by atoms with van der Waals surface area (Å²) in [6, 6.07) is 6.96. The van der Waals surface area contributed by atoms with Gasteiger partial charge in [-0.05, 0) is 49.2 Å². The van der Waals surface area contributed by atoms with Crippen LogP contribution in [0.25, 0.3) is 10.2 Å². The van der Waals surface area contributed by atoms with Gasteiger partial charge in [-0.25, -0.2) is 9.37 Å². The zero-order valence-electron chi connectivity index (χ0n) is 10.9. The SMILES string of the molecule is Cc1ccc(Nc2nc(Cl)nc3sc(C)cc23)c(F)c1. The number of nitrogens with zero attached hydrogens (tertiary/aromatic N) is 2. The summed E-state index contributed by atoms with van der Waals surface area (Å²) in [6.45, 7) is 3.82. The van der Waals surface area contributed by atoms with Crippen LogP contribution in [0.1, 0.15) is 10.4 Å². The summed E-state index contributed by atoms with van der Waals surface area (Å²) in [5.74, 6) is 0.201. The van der Waals surface area contributed by atoms with Gasteiger partial charge < -0.3 is 5.32 Å². The molecule has 0 saturated carbocycles. The van der Waals surface area contributed by atoms with Gasteiger partial charge in [0.1, 0.15) is 16.5 Å². The van der Waals surface area contributed by atoms with Gasteiger partial charge in [-0.2, -0.15) is 4.98 Å². The number of nitrogens with one attached hydrogen (secondary N) is 1. The predicted octanol–water partition coefficient (Wildman–Crippen LogP) is 4.84. The van der Waals surface area contributed by atoms with Gasteiger partial charge in [0.25, 0.3) is 0 Å². The molecule has 0 atom stereocenters. The third-order valence-electron chi connectivity index (χ3n) is 2.87. The predicted molar refractivity (Wildman–Crippen MR) is 81.6 cm³/mol. The number of aromatic nitrogens is 2. The van der Waals surface area contributed by atoms with Crippen molar-refractivity contribution in [1.29, 1.82) is 0 Å². The van der Waals surface area contributed by atoms with Crippen LogP contribution in [0.2, 0.25) is 5.28 Å². The highest BCUT2D eigenvalue weighted by atomic mass is 35.5. The van der Waals surface area contributed by atoms with Gasteiger partial charge in [0.15, 0.2) is 0 Å². The van der Waals surface area contributed by atoms with Gasteiger partial charge in [-0.15, -0.1) is 11.3 Å². The van der Waals surface area contributed by atoms with E-state index in [1.165, 1.54) is 17.4 Å². The lowest BCUT2D eigenvalue weighted by Crippen LogP contribution is -1.98. The van der Waals surface area contributed by atoms with Crippen LogP contribution in [0.5, 0.6) is 0 Å². The number of anilines is 2. The summed E-state index contributed by atoms with van der Waals surface area (Å²) in [4.78, 5) is 10.2. The molecule has 6 heteroatoms. The normalized spacial score (nSPS) is 11.0. The molecule has 0 aliphatic rings. The molecule has 2 aromatic heterocycles. The minimum absolute atomic E-state index is 0.148. The second-order valence-electron chi connectivity index (χ2n) is 4.53. The molecule has 0 fully saturated rings. The van der Waals surface area contributed by atoms with Crippen molar-refractivity contribution >= 4 is 44.7 Å². The van der Waals surface area contributed by atoms with Gasteiger partial charge in [-0.1, -0.05) is 6.07 Å². The first-order chi connectivity index (χ1) is 9.52. The molecule has 2 heterocycles. The summed E-state index contributed by atoms with van der Waals surface area (Å²) in [5, 5.41) is 3.98. The maximum Gasteiger partial charge on any atom is 0.225 e. The van der Waals surface area contributed by atoms with E-state index in [4.69, 9.17) is 11.6 Å². The third-order valence-corrected chi connectivity index (χ3v) is 3.98. The van der Waals surface area contributed by atoms with E-state index in [1.807, 2.05) is 26.0 Å². The minimum atomic E-state index is -0.320. The highest BCUT2D eigenvalue weighted by Gasteiger charge is 2.11. The fourth-order valence-electron chi connectivity index (χ4n) is 1.96. The van der Waals surface area contributed by atoms with Crippen LogP contribution in [-0.4, -0.2) is 9.97 Å². The van der Waals surface area contributed by atoms with Crippen molar-refractivity contribution in [2.24, 2.45) is 0 Å². The number of hydrogen-bond acceptors (Lipinski definition) is 4. The molecule has 3 rings (SSSR count). The van der Waals surface area contributed by atoms with E-state index in [0.29, 0.717) is 11.5 Å². The van der Waals surface area contributed by atoms with E-state index in [0.717, 1.165) is 20.7 Å². The third kappa shape index (κ3) is 2.46. The number of benzene rings is 1. The molecule has 0 aliphatic heterocycles. The Kier molecular flexibility index (Phi) is 3.31. The molecule has 0 unspecified atom stereocenters. The van der Waals surface area contributed by atoms with Crippen LogP contribution in [-0.2, 0) is 0 Å². The van der Waals surface area contributed by atoms with Crippen molar-refractivity contribution in [3.8, 4) is 0 Å². The Morgan fingerprint density at radius 3 is 2.75 bits per heavy atom. The number of thiophene rings is 1. The summed E-state index contributed by atoms with van der Waals surface area (Å²) in [7, 11) is 0. The van der Waals surface area contributed by atoms with Crippen molar-refractivity contribution in [2.45, 2.75) is 13.8 Å². The van der Waals surface area contributed by atoms with Gasteiger partial charge >= 0.3 is 0 Å². The van der Waals surface area contributed by atoms with Crippen molar-refractivity contribution in [2.75, 3.05) is 5.32 Å². The Balaban J connectivity index is 2.10. The first-order valence-electron chi connectivity index (χ1n) is 6.00. The fourth-order valence-corrected chi connectivity index (χ4v) is 3.06. The zero-order valence-corrected chi connectivity index (χ0v) is 12.4. The maximum atomic E-state index is 13.9. The van der Waals surface area contributed by atoms with E-state index in [2.05, 4.69) is 15.3 Å². The highest BCUT2D eigenvalue weighted by Crippen LogP contribution is 2.31. The first kappa shape index (κ1) is 13.3. The van der Waals surface area contributed by atoms with Crippen LogP contribution in [0.4, 0.5) is 15.9 Å². The maximum absolute atomic E-state index is 13.9. The summed E-state index contributed by atoms with van der Waals surface area (Å²) >= 11 is 7.44. The first-order valence-corrected chi connectivity index (χ1v) is 7.19. The van der Waals surface area contributed by atoms with Gasteiger partial charge in [0.05, 0.1) is 11.1 Å². The molecule has 1 N–H and O–H groups in total. The largest absolute Gasteiger partial charge is 0.337 e. The van der Waals surface area contributed by atoms with Crippen LogP contribution < -0.4 is 5.32 Å². The summed E-state index contributed by atoms with van der Waals surface area (Å²) in [5.41, 5.74) is 1.24. The second-order valence-corrected chi connectivity index (χ2v) is 6.10. The Labute approximate surface area is 124 Å². The standard InChI is InChI=1S/C14H11ClFN3S/c1-7-3-4-11(10(16)5-7)17-12-9-6-8(2)20-13(9)19-14(15)18-12/h3-6H,1-2H3,(H,17,18,19). The number of fused-ring (bicyclic) bond motifs is 1. The topological polar surface area (TPSA) is 37.8 Å². The molecule has 102 valence electrons. The smallest absolute Gasteiger partial charge is 0.225 e. The van der Waals surface area contributed by atoms with Crippen LogP contribution in [0, 0.1) is 19.7 Å². The van der Waals surface area contributed by atoms with Gasteiger partial charge in [0.2, 0.25) is 5.28 Å². The molecule has 0 spiro atoms. The van der Waals surface area contributed by atoms with E-state index in [9.17, 15) is 4.39 Å². The molecule has 20 heavy (non-hydrogen) atoms. The minimum Gasteiger partial charge on any atom is -0.337 e. The van der Waals surface area contributed by atoms with E-state index in [-0.39, 0.29) is 11.1 Å². The van der Waals surface area contributed by atoms with Crippen LogP contribution in [0.3, 0.4) is 0 Å². The number of rotatable bonds is 2. The van der Waals surface area contributed by atoms with Crippen molar-refractivity contribution < 1.29 is 4.39 Å². The molecule has 0 saturated heterocycles. The van der Waals surface area contributed by atoms with E-state index in [1.54, 1.807) is 6.07 Å². The quantitative estimate of drug-likeness (QED) is 0.688. The van der Waals surface area contributed by atoms with Crippen molar-refractivity contribution in [1.82, 2.24) is 9.97 Å². The van der Waals surface area contributed by atoms with Crippen LogP contribution >= 0.6 is 22.9 Å². The summed E-state index contributed by atoms with van der Waals surface area (Å²) < 4.78 is 13.9. The average Bonchev–Trinajstić information content (AvgIpc) is 2.73. The molecule has 1 aromatic carbocycles. The summed E-state index contributed by atoms with van der Waals surface area (Å²) in [6.07, 6.45) is 0. The fraction of sp³-hybridized carbons (Fsp3) is 0.143. The molecule has 0 aliphatic carbocycles. The Morgan fingerprint density at radius 1 is 1.20 bits per heavy atom. The molecule has 3 nitrogen and oxygen atoms in total.